The maximum Gasteiger partial charge on any atom is 0.307 e. The highest BCUT2D eigenvalue weighted by Gasteiger charge is 2.65. The van der Waals surface area contributed by atoms with Crippen LogP contribution in [0.3, 0.4) is 0 Å². The van der Waals surface area contributed by atoms with Gasteiger partial charge in [0.1, 0.15) is 4.33 Å². The van der Waals surface area contributed by atoms with E-state index in [1.165, 1.54) is 0 Å². The summed E-state index contributed by atoms with van der Waals surface area (Å²) in [6.45, 7) is 2.15. The van der Waals surface area contributed by atoms with E-state index < -0.39 is 8.66 Å². The van der Waals surface area contributed by atoms with Gasteiger partial charge in [-0.25, -0.2) is 0 Å². The number of esters is 1. The summed E-state index contributed by atoms with van der Waals surface area (Å²) in [5.41, 5.74) is 0. The van der Waals surface area contributed by atoms with Gasteiger partial charge >= 0.3 is 5.97 Å². The predicted molar refractivity (Wildman–Crippen MR) is 52.0 cm³/mol. The molecule has 70 valence electrons. The molecule has 0 radical (unpaired) electrons. The van der Waals surface area contributed by atoms with Gasteiger partial charge in [0, 0.05) is 6.42 Å². The first-order chi connectivity index (χ1) is 5.41. The molecular weight excluding hydrogens is 267 g/mol. The predicted octanol–water partition coefficient (Wildman–Crippen LogP) is 2.65. The molecular formula is C7H9BrCl2O2. The summed E-state index contributed by atoms with van der Waals surface area (Å²) in [7, 11) is 0. The fourth-order valence-corrected chi connectivity index (χ4v) is 2.50. The van der Waals surface area contributed by atoms with Crippen molar-refractivity contribution in [3.05, 3.63) is 0 Å². The second kappa shape index (κ2) is 3.35. The number of hydrogen-bond acceptors (Lipinski definition) is 2. The molecule has 1 saturated carbocycles. The fourth-order valence-electron chi connectivity index (χ4n) is 0.940. The molecule has 1 aliphatic carbocycles. The van der Waals surface area contributed by atoms with E-state index >= 15 is 0 Å². The van der Waals surface area contributed by atoms with Crippen molar-refractivity contribution in [1.29, 1.82) is 0 Å². The lowest BCUT2D eigenvalue weighted by molar-refractivity contribution is -0.143. The van der Waals surface area contributed by atoms with Gasteiger partial charge in [-0.15, -0.1) is 23.2 Å². The number of halogens is 3. The highest BCUT2D eigenvalue weighted by Crippen LogP contribution is 2.64. The van der Waals surface area contributed by atoms with Gasteiger partial charge < -0.3 is 4.74 Å². The molecule has 0 aliphatic heterocycles. The minimum atomic E-state index is -0.806. The fraction of sp³-hybridized carbons (Fsp3) is 0.857. The van der Waals surface area contributed by atoms with Gasteiger partial charge in [-0.1, -0.05) is 15.9 Å². The van der Waals surface area contributed by atoms with Gasteiger partial charge in [-0.3, -0.25) is 4.79 Å². The van der Waals surface area contributed by atoms with Crippen molar-refractivity contribution in [2.45, 2.75) is 28.4 Å². The quantitative estimate of drug-likeness (QED) is 0.585. The minimum absolute atomic E-state index is 0.230. The van der Waals surface area contributed by atoms with E-state index in [0.29, 0.717) is 13.0 Å². The van der Waals surface area contributed by atoms with Crippen LogP contribution < -0.4 is 0 Å². The maximum atomic E-state index is 11.0. The molecule has 12 heavy (non-hydrogen) atoms. The van der Waals surface area contributed by atoms with E-state index in [0.717, 1.165) is 0 Å². The molecule has 1 unspecified atom stereocenters. The van der Waals surface area contributed by atoms with E-state index in [1.807, 2.05) is 0 Å². The Morgan fingerprint density at radius 2 is 2.17 bits per heavy atom. The Morgan fingerprint density at radius 1 is 1.67 bits per heavy atom. The molecule has 0 spiro atoms. The SMILES string of the molecule is CCOC(=O)CC1(Br)CC1(Cl)Cl. The monoisotopic (exact) mass is 274 g/mol. The Balaban J connectivity index is 2.38. The molecule has 1 atom stereocenters. The van der Waals surface area contributed by atoms with Gasteiger partial charge in [0.2, 0.25) is 0 Å². The highest BCUT2D eigenvalue weighted by atomic mass is 79.9. The van der Waals surface area contributed by atoms with Crippen molar-refractivity contribution in [3.63, 3.8) is 0 Å². The van der Waals surface area contributed by atoms with Gasteiger partial charge in [0.25, 0.3) is 0 Å². The largest absolute Gasteiger partial charge is 0.466 e. The number of carbonyl (C=O) groups is 1. The maximum absolute atomic E-state index is 11.0. The highest BCUT2D eigenvalue weighted by molar-refractivity contribution is 9.10. The smallest absolute Gasteiger partial charge is 0.307 e. The first-order valence-electron chi connectivity index (χ1n) is 3.64. The molecule has 2 nitrogen and oxygen atoms in total. The third-order valence-electron chi connectivity index (χ3n) is 1.76. The molecule has 0 heterocycles. The first-order valence-corrected chi connectivity index (χ1v) is 5.18. The molecule has 0 aromatic carbocycles. The zero-order chi connectivity index (χ0) is 9.41. The Bertz CT molecular complexity index is 208. The summed E-state index contributed by atoms with van der Waals surface area (Å²) in [5, 5.41) is 0. The zero-order valence-corrected chi connectivity index (χ0v) is 9.67. The van der Waals surface area contributed by atoms with Gasteiger partial charge in [0.15, 0.2) is 0 Å². The second-order valence-corrected chi connectivity index (χ2v) is 5.83. The average Bonchev–Trinajstić information content (AvgIpc) is 2.30. The summed E-state index contributed by atoms with van der Waals surface area (Å²) in [4.78, 5) is 11.0. The van der Waals surface area contributed by atoms with Crippen molar-refractivity contribution in [2.24, 2.45) is 0 Å². The molecule has 0 N–H and O–H groups in total. The van der Waals surface area contributed by atoms with Gasteiger partial charge in [0.05, 0.1) is 17.4 Å². The van der Waals surface area contributed by atoms with Crippen molar-refractivity contribution in [2.75, 3.05) is 6.61 Å². The number of hydrogen-bond donors (Lipinski definition) is 0. The summed E-state index contributed by atoms with van der Waals surface area (Å²) in [5.74, 6) is -0.266. The standard InChI is InChI=1S/C7H9BrCl2O2/c1-2-12-5(11)3-6(8)4-7(6,9)10/h2-4H2,1H3. The molecule has 0 saturated heterocycles. The van der Waals surface area contributed by atoms with Gasteiger partial charge in [-0.2, -0.15) is 0 Å². The van der Waals surface area contributed by atoms with Crippen molar-refractivity contribution < 1.29 is 9.53 Å². The van der Waals surface area contributed by atoms with Crippen LogP contribution in [0.25, 0.3) is 0 Å². The van der Waals surface area contributed by atoms with Crippen LogP contribution in [0.1, 0.15) is 19.8 Å². The Hall–Kier alpha value is 0.530. The molecule has 0 aromatic rings. The Morgan fingerprint density at radius 3 is 2.50 bits per heavy atom. The van der Waals surface area contributed by atoms with Crippen LogP contribution in [0.5, 0.6) is 0 Å². The van der Waals surface area contributed by atoms with Crippen molar-refractivity contribution in [3.8, 4) is 0 Å². The lowest BCUT2D eigenvalue weighted by Crippen LogP contribution is -2.16. The molecule has 0 amide bonds. The normalized spacial score (nSPS) is 31.3. The molecule has 1 fully saturated rings. The van der Waals surface area contributed by atoms with Gasteiger partial charge in [-0.05, 0) is 6.92 Å². The van der Waals surface area contributed by atoms with E-state index in [1.54, 1.807) is 6.92 Å². The van der Waals surface area contributed by atoms with Crippen LogP contribution in [0, 0.1) is 0 Å². The van der Waals surface area contributed by atoms with Crippen LogP contribution in [0.2, 0.25) is 0 Å². The van der Waals surface area contributed by atoms with Crippen LogP contribution in [0.4, 0.5) is 0 Å². The molecule has 0 bridgehead atoms. The van der Waals surface area contributed by atoms with Crippen LogP contribution in [-0.4, -0.2) is 21.2 Å². The van der Waals surface area contributed by atoms with E-state index in [-0.39, 0.29) is 12.4 Å². The number of alkyl halides is 3. The lowest BCUT2D eigenvalue weighted by atomic mass is 10.3. The topological polar surface area (TPSA) is 26.3 Å². The van der Waals surface area contributed by atoms with Crippen LogP contribution >= 0.6 is 39.1 Å². The number of ether oxygens (including phenoxy) is 1. The van der Waals surface area contributed by atoms with Crippen molar-refractivity contribution >= 4 is 45.1 Å². The summed E-state index contributed by atoms with van der Waals surface area (Å²) in [6.07, 6.45) is 0.815. The van der Waals surface area contributed by atoms with E-state index in [9.17, 15) is 4.79 Å². The third-order valence-corrected chi connectivity index (χ3v) is 4.45. The van der Waals surface area contributed by atoms with Crippen LogP contribution in [-0.2, 0) is 9.53 Å². The Kier molecular flexibility index (Phi) is 2.96. The first kappa shape index (κ1) is 10.6. The average molecular weight is 276 g/mol. The third kappa shape index (κ3) is 2.06. The summed E-state index contributed by atoms with van der Waals surface area (Å²) >= 11 is 14.9. The minimum Gasteiger partial charge on any atom is -0.466 e. The van der Waals surface area contributed by atoms with E-state index in [4.69, 9.17) is 27.9 Å². The molecule has 1 aliphatic rings. The number of rotatable bonds is 3. The second-order valence-electron chi connectivity index (χ2n) is 2.83. The Labute approximate surface area is 89.7 Å². The van der Waals surface area contributed by atoms with Crippen LogP contribution in [0.15, 0.2) is 0 Å². The summed E-state index contributed by atoms with van der Waals surface area (Å²) in [6, 6.07) is 0. The lowest BCUT2D eigenvalue weighted by Gasteiger charge is -2.08. The molecule has 5 heteroatoms. The zero-order valence-electron chi connectivity index (χ0n) is 6.57. The summed E-state index contributed by atoms with van der Waals surface area (Å²) < 4.78 is 3.50. The van der Waals surface area contributed by atoms with Crippen molar-refractivity contribution in [1.82, 2.24) is 0 Å². The molecule has 1 rings (SSSR count). The number of carbonyl (C=O) groups excluding carboxylic acids is 1. The molecule has 0 aromatic heterocycles. The van der Waals surface area contributed by atoms with E-state index in [2.05, 4.69) is 15.9 Å².